The Balaban J connectivity index is 1.81. The van der Waals surface area contributed by atoms with E-state index in [1.165, 1.54) is 0 Å². The van der Waals surface area contributed by atoms with Crippen LogP contribution in [0.3, 0.4) is 0 Å². The molecule has 120 valence electrons. The Labute approximate surface area is 130 Å². The van der Waals surface area contributed by atoms with E-state index >= 15 is 0 Å². The standard InChI is InChI=1S/C15H21BFNO4/c1-14(2)15(3,4)22-16(21-14)10-5-6-11(18-13(10)17)12-9-19-7-8-20-12/h5-6,12H,7-9H2,1-4H3. The van der Waals surface area contributed by atoms with Crippen LogP contribution >= 0.6 is 0 Å². The van der Waals surface area contributed by atoms with Crippen molar-refractivity contribution in [1.82, 2.24) is 4.98 Å². The maximum absolute atomic E-state index is 14.4. The van der Waals surface area contributed by atoms with Gasteiger partial charge in [0.2, 0.25) is 5.95 Å². The third-order valence-electron chi connectivity index (χ3n) is 4.55. The normalized spacial score (nSPS) is 27.1. The zero-order valence-corrected chi connectivity index (χ0v) is 13.4. The largest absolute Gasteiger partial charge is 0.499 e. The third-order valence-corrected chi connectivity index (χ3v) is 4.55. The Morgan fingerprint density at radius 2 is 1.82 bits per heavy atom. The van der Waals surface area contributed by atoms with Crippen molar-refractivity contribution >= 4 is 12.6 Å². The van der Waals surface area contributed by atoms with E-state index in [4.69, 9.17) is 18.8 Å². The lowest BCUT2D eigenvalue weighted by atomic mass is 9.80. The quantitative estimate of drug-likeness (QED) is 0.613. The van der Waals surface area contributed by atoms with Gasteiger partial charge in [0, 0.05) is 5.46 Å². The predicted octanol–water partition coefficient (Wildman–Crippen LogP) is 1.61. The number of pyridine rings is 1. The van der Waals surface area contributed by atoms with Crippen LogP contribution in [0.25, 0.3) is 0 Å². The number of rotatable bonds is 2. The lowest BCUT2D eigenvalue weighted by Gasteiger charge is -2.32. The molecule has 1 aromatic heterocycles. The molecule has 3 rings (SSSR count). The highest BCUT2D eigenvalue weighted by atomic mass is 19.1. The molecule has 2 saturated heterocycles. The smallest absolute Gasteiger partial charge is 0.399 e. The van der Waals surface area contributed by atoms with Crippen LogP contribution in [0.15, 0.2) is 12.1 Å². The monoisotopic (exact) mass is 309 g/mol. The van der Waals surface area contributed by atoms with Crippen molar-refractivity contribution in [3.8, 4) is 0 Å². The number of nitrogens with zero attached hydrogens (tertiary/aromatic N) is 1. The first-order valence-corrected chi connectivity index (χ1v) is 7.51. The fourth-order valence-corrected chi connectivity index (χ4v) is 2.44. The third kappa shape index (κ3) is 2.78. The van der Waals surface area contributed by atoms with Crippen molar-refractivity contribution in [2.45, 2.75) is 45.0 Å². The molecule has 0 radical (unpaired) electrons. The first kappa shape index (κ1) is 15.9. The van der Waals surface area contributed by atoms with Gasteiger partial charge in [-0.15, -0.1) is 0 Å². The van der Waals surface area contributed by atoms with E-state index in [9.17, 15) is 4.39 Å². The van der Waals surface area contributed by atoms with Crippen LogP contribution in [0.2, 0.25) is 0 Å². The summed E-state index contributed by atoms with van der Waals surface area (Å²) in [5.74, 6) is -0.592. The van der Waals surface area contributed by atoms with E-state index < -0.39 is 24.3 Å². The summed E-state index contributed by atoms with van der Waals surface area (Å²) >= 11 is 0. The van der Waals surface area contributed by atoms with Gasteiger partial charge in [0.15, 0.2) is 0 Å². The molecule has 0 amide bonds. The highest BCUT2D eigenvalue weighted by molar-refractivity contribution is 6.62. The summed E-state index contributed by atoms with van der Waals surface area (Å²) in [5, 5.41) is 0. The average Bonchev–Trinajstić information content (AvgIpc) is 2.68. The summed E-state index contributed by atoms with van der Waals surface area (Å²) in [6.45, 7) is 9.17. The molecule has 0 spiro atoms. The highest BCUT2D eigenvalue weighted by Crippen LogP contribution is 2.36. The van der Waals surface area contributed by atoms with Gasteiger partial charge in [-0.2, -0.15) is 4.39 Å². The van der Waals surface area contributed by atoms with Crippen molar-refractivity contribution in [3.63, 3.8) is 0 Å². The highest BCUT2D eigenvalue weighted by Gasteiger charge is 2.52. The van der Waals surface area contributed by atoms with Crippen molar-refractivity contribution in [2.24, 2.45) is 0 Å². The summed E-state index contributed by atoms with van der Waals surface area (Å²) in [4.78, 5) is 4.01. The van der Waals surface area contributed by atoms with E-state index in [0.717, 1.165) is 0 Å². The maximum Gasteiger partial charge on any atom is 0.499 e. The molecule has 1 aromatic rings. The Kier molecular flexibility index (Phi) is 4.01. The first-order chi connectivity index (χ1) is 10.3. The molecule has 0 saturated carbocycles. The molecule has 0 N–H and O–H groups in total. The molecule has 7 heteroatoms. The van der Waals surface area contributed by atoms with E-state index in [1.807, 2.05) is 27.7 Å². The second kappa shape index (κ2) is 5.56. The van der Waals surface area contributed by atoms with Crippen molar-refractivity contribution in [1.29, 1.82) is 0 Å². The maximum atomic E-state index is 14.4. The van der Waals surface area contributed by atoms with Gasteiger partial charge in [-0.3, -0.25) is 0 Å². The molecule has 3 heterocycles. The number of ether oxygens (including phenoxy) is 2. The SMILES string of the molecule is CC1(C)OB(c2ccc(C3COCCO3)nc2F)OC1(C)C. The number of halogens is 1. The second-order valence-electron chi connectivity index (χ2n) is 6.64. The molecule has 5 nitrogen and oxygen atoms in total. The van der Waals surface area contributed by atoms with Gasteiger partial charge in [0.05, 0.1) is 36.7 Å². The minimum atomic E-state index is -0.755. The topological polar surface area (TPSA) is 49.8 Å². The van der Waals surface area contributed by atoms with Crippen LogP contribution in [0.5, 0.6) is 0 Å². The molecule has 2 fully saturated rings. The summed E-state index contributed by atoms with van der Waals surface area (Å²) in [6.07, 6.45) is -0.324. The van der Waals surface area contributed by atoms with Gasteiger partial charge in [-0.1, -0.05) is 6.07 Å². The average molecular weight is 309 g/mol. The van der Waals surface area contributed by atoms with Crippen LogP contribution in [0, 0.1) is 5.95 Å². The van der Waals surface area contributed by atoms with Crippen LogP contribution in [-0.2, 0) is 18.8 Å². The van der Waals surface area contributed by atoms with E-state index in [-0.39, 0.29) is 6.10 Å². The van der Waals surface area contributed by atoms with E-state index in [2.05, 4.69) is 4.98 Å². The summed E-state index contributed by atoms with van der Waals surface area (Å²) in [6, 6.07) is 3.39. The molecule has 0 bridgehead atoms. The minimum absolute atomic E-state index is 0.305. The summed E-state index contributed by atoms with van der Waals surface area (Å²) < 4.78 is 37.0. The van der Waals surface area contributed by atoms with Gasteiger partial charge in [0.25, 0.3) is 0 Å². The van der Waals surface area contributed by atoms with Crippen LogP contribution in [0.1, 0.15) is 39.5 Å². The molecule has 1 unspecified atom stereocenters. The molecule has 22 heavy (non-hydrogen) atoms. The van der Waals surface area contributed by atoms with Gasteiger partial charge < -0.3 is 18.8 Å². The van der Waals surface area contributed by atoms with E-state index in [0.29, 0.717) is 31.0 Å². The molecule has 1 atom stereocenters. The van der Waals surface area contributed by atoms with Gasteiger partial charge in [-0.25, -0.2) is 4.98 Å². The number of hydrogen-bond donors (Lipinski definition) is 0. The predicted molar refractivity (Wildman–Crippen MR) is 79.4 cm³/mol. The Morgan fingerprint density at radius 3 is 2.36 bits per heavy atom. The Morgan fingerprint density at radius 1 is 1.14 bits per heavy atom. The number of aromatic nitrogens is 1. The van der Waals surface area contributed by atoms with Crippen molar-refractivity contribution in [2.75, 3.05) is 19.8 Å². The van der Waals surface area contributed by atoms with Gasteiger partial charge in [0.1, 0.15) is 6.10 Å². The number of hydrogen-bond acceptors (Lipinski definition) is 5. The van der Waals surface area contributed by atoms with Crippen LogP contribution in [-0.4, -0.2) is 43.1 Å². The zero-order valence-electron chi connectivity index (χ0n) is 13.4. The Hall–Kier alpha value is -1.02. The molecule has 2 aliphatic heterocycles. The Bertz CT molecular complexity index is 544. The second-order valence-corrected chi connectivity index (χ2v) is 6.64. The molecular weight excluding hydrogens is 288 g/mol. The lowest BCUT2D eigenvalue weighted by molar-refractivity contribution is -0.0919. The van der Waals surface area contributed by atoms with E-state index in [1.54, 1.807) is 12.1 Å². The summed E-state index contributed by atoms with van der Waals surface area (Å²) in [7, 11) is -0.755. The molecular formula is C15H21BFNO4. The van der Waals surface area contributed by atoms with Crippen LogP contribution < -0.4 is 5.46 Å². The first-order valence-electron chi connectivity index (χ1n) is 7.51. The fraction of sp³-hybridized carbons (Fsp3) is 0.667. The molecule has 2 aliphatic rings. The van der Waals surface area contributed by atoms with Crippen molar-refractivity contribution < 1.29 is 23.2 Å². The lowest BCUT2D eigenvalue weighted by Crippen LogP contribution is -2.41. The minimum Gasteiger partial charge on any atom is -0.399 e. The van der Waals surface area contributed by atoms with Crippen molar-refractivity contribution in [3.05, 3.63) is 23.8 Å². The van der Waals surface area contributed by atoms with Gasteiger partial charge in [-0.05, 0) is 33.8 Å². The zero-order chi connectivity index (χ0) is 16.0. The van der Waals surface area contributed by atoms with Crippen LogP contribution in [0.4, 0.5) is 4.39 Å². The van der Waals surface area contributed by atoms with Gasteiger partial charge >= 0.3 is 7.12 Å². The molecule has 0 aliphatic carbocycles. The summed E-state index contributed by atoms with van der Waals surface area (Å²) in [5.41, 5.74) is -0.191. The molecule has 0 aromatic carbocycles. The fourth-order valence-electron chi connectivity index (χ4n) is 2.44.